The van der Waals surface area contributed by atoms with E-state index in [2.05, 4.69) is 27.1 Å². The molecule has 0 spiro atoms. The molecule has 0 aromatic carbocycles. The van der Waals surface area contributed by atoms with E-state index >= 15 is 0 Å². The molecule has 17 heavy (non-hydrogen) atoms. The molecule has 0 atom stereocenters. The lowest BCUT2D eigenvalue weighted by Gasteiger charge is -1.98. The van der Waals surface area contributed by atoms with E-state index < -0.39 is 0 Å². The molecule has 0 aliphatic rings. The fourth-order valence-corrected chi connectivity index (χ4v) is 3.74. The van der Waals surface area contributed by atoms with E-state index in [-0.39, 0.29) is 0 Å². The third-order valence-electron chi connectivity index (χ3n) is 1.65. The molecular formula is C9H10N4OS3. The number of rotatable bonds is 5. The second kappa shape index (κ2) is 6.18. The van der Waals surface area contributed by atoms with Crippen molar-refractivity contribution in [2.75, 3.05) is 12.9 Å². The van der Waals surface area contributed by atoms with Crippen molar-refractivity contribution in [1.82, 2.24) is 20.2 Å². The highest BCUT2D eigenvalue weighted by atomic mass is 32.2. The summed E-state index contributed by atoms with van der Waals surface area (Å²) in [6.07, 6.45) is 1.66. The van der Waals surface area contributed by atoms with Crippen LogP contribution in [0, 0.1) is 0 Å². The Kier molecular flexibility index (Phi) is 4.57. The number of methoxy groups -OCH3 is 1. The highest BCUT2D eigenvalue weighted by molar-refractivity contribution is 8.03. The van der Waals surface area contributed by atoms with E-state index in [0.29, 0.717) is 11.0 Å². The lowest BCUT2D eigenvalue weighted by molar-refractivity contribution is 0.392. The minimum absolute atomic E-state index is 0.551. The van der Waals surface area contributed by atoms with Gasteiger partial charge in [-0.15, -0.1) is 10.2 Å². The van der Waals surface area contributed by atoms with Gasteiger partial charge in [-0.25, -0.2) is 4.98 Å². The lowest BCUT2D eigenvalue weighted by atomic mass is 10.6. The molecule has 0 bridgehead atoms. The number of hydrogen-bond donors (Lipinski definition) is 0. The van der Waals surface area contributed by atoms with E-state index in [1.807, 2.05) is 0 Å². The van der Waals surface area contributed by atoms with Crippen molar-refractivity contribution in [3.05, 3.63) is 12.3 Å². The van der Waals surface area contributed by atoms with Crippen LogP contribution in [0.1, 0.15) is 6.92 Å². The van der Waals surface area contributed by atoms with Gasteiger partial charge in [0.25, 0.3) is 0 Å². The highest BCUT2D eigenvalue weighted by Gasteiger charge is 2.08. The molecular weight excluding hydrogens is 276 g/mol. The molecule has 0 amide bonds. The van der Waals surface area contributed by atoms with Gasteiger partial charge in [-0.3, -0.25) is 0 Å². The second-order valence-corrected chi connectivity index (χ2v) is 6.45. The zero-order valence-corrected chi connectivity index (χ0v) is 11.7. The van der Waals surface area contributed by atoms with Gasteiger partial charge in [0.15, 0.2) is 13.8 Å². The summed E-state index contributed by atoms with van der Waals surface area (Å²) in [5.74, 6) is 1.55. The third-order valence-corrected chi connectivity index (χ3v) is 4.52. The summed E-state index contributed by atoms with van der Waals surface area (Å²) in [5, 5.41) is 8.76. The van der Waals surface area contributed by atoms with Crippen molar-refractivity contribution in [1.29, 1.82) is 0 Å². The van der Waals surface area contributed by atoms with Gasteiger partial charge in [-0.2, -0.15) is 4.98 Å². The van der Waals surface area contributed by atoms with Gasteiger partial charge < -0.3 is 4.74 Å². The SMILES string of the molecule is CCSc1nnc(Sc2nccc(OC)n2)s1. The molecule has 0 unspecified atom stereocenters. The Hall–Kier alpha value is -0.860. The first-order valence-electron chi connectivity index (χ1n) is 4.83. The van der Waals surface area contributed by atoms with Crippen molar-refractivity contribution in [2.45, 2.75) is 20.8 Å². The first-order valence-corrected chi connectivity index (χ1v) is 7.45. The van der Waals surface area contributed by atoms with Crippen LogP contribution in [-0.2, 0) is 0 Å². The maximum atomic E-state index is 5.04. The molecule has 0 saturated heterocycles. The first-order chi connectivity index (χ1) is 8.31. The molecule has 8 heteroatoms. The van der Waals surface area contributed by atoms with Crippen molar-refractivity contribution in [3.63, 3.8) is 0 Å². The zero-order valence-electron chi connectivity index (χ0n) is 9.28. The number of thioether (sulfide) groups is 1. The number of ether oxygens (including phenoxy) is 1. The van der Waals surface area contributed by atoms with Crippen molar-refractivity contribution < 1.29 is 4.74 Å². The Morgan fingerprint density at radius 3 is 2.94 bits per heavy atom. The van der Waals surface area contributed by atoms with Crippen LogP contribution in [0.2, 0.25) is 0 Å². The predicted octanol–water partition coefficient (Wildman–Crippen LogP) is 2.60. The maximum Gasteiger partial charge on any atom is 0.217 e. The van der Waals surface area contributed by atoms with Crippen LogP contribution in [-0.4, -0.2) is 33.0 Å². The highest BCUT2D eigenvalue weighted by Crippen LogP contribution is 2.31. The van der Waals surface area contributed by atoms with Gasteiger partial charge >= 0.3 is 0 Å². The van der Waals surface area contributed by atoms with Gasteiger partial charge in [0.1, 0.15) is 0 Å². The van der Waals surface area contributed by atoms with Gasteiger partial charge in [0.2, 0.25) is 5.88 Å². The summed E-state index contributed by atoms with van der Waals surface area (Å²) in [7, 11) is 1.58. The Labute approximate surface area is 111 Å². The average molecular weight is 286 g/mol. The zero-order chi connectivity index (χ0) is 12.1. The minimum atomic E-state index is 0.551. The van der Waals surface area contributed by atoms with Crippen LogP contribution in [0.15, 0.2) is 26.1 Å². The van der Waals surface area contributed by atoms with Crippen molar-refractivity contribution in [3.8, 4) is 5.88 Å². The van der Waals surface area contributed by atoms with E-state index in [4.69, 9.17) is 4.74 Å². The molecule has 90 valence electrons. The summed E-state index contributed by atoms with van der Waals surface area (Å²) in [4.78, 5) is 8.35. The van der Waals surface area contributed by atoms with Crippen molar-refractivity contribution in [2.24, 2.45) is 0 Å². The van der Waals surface area contributed by atoms with Gasteiger partial charge in [-0.1, -0.05) is 30.0 Å². The van der Waals surface area contributed by atoms with Crippen LogP contribution in [0.3, 0.4) is 0 Å². The van der Waals surface area contributed by atoms with E-state index in [0.717, 1.165) is 14.4 Å². The summed E-state index contributed by atoms with van der Waals surface area (Å²) in [6.45, 7) is 2.09. The molecule has 0 aliphatic carbocycles. The van der Waals surface area contributed by atoms with Crippen LogP contribution in [0.5, 0.6) is 5.88 Å². The molecule has 0 saturated carbocycles. The molecule has 2 aromatic heterocycles. The Morgan fingerprint density at radius 1 is 1.35 bits per heavy atom. The fraction of sp³-hybridized carbons (Fsp3) is 0.333. The van der Waals surface area contributed by atoms with Crippen LogP contribution in [0.25, 0.3) is 0 Å². The molecule has 2 aromatic rings. The predicted molar refractivity (Wildman–Crippen MR) is 69.0 cm³/mol. The minimum Gasteiger partial charge on any atom is -0.481 e. The monoisotopic (exact) mass is 286 g/mol. The van der Waals surface area contributed by atoms with Crippen molar-refractivity contribution >= 4 is 34.9 Å². The number of hydrogen-bond acceptors (Lipinski definition) is 8. The van der Waals surface area contributed by atoms with Gasteiger partial charge in [0, 0.05) is 12.3 Å². The molecule has 2 rings (SSSR count). The summed E-state index contributed by atoms with van der Waals surface area (Å²) < 4.78 is 6.85. The topological polar surface area (TPSA) is 60.8 Å². The largest absolute Gasteiger partial charge is 0.481 e. The molecule has 5 nitrogen and oxygen atoms in total. The molecule has 0 fully saturated rings. The van der Waals surface area contributed by atoms with Crippen LogP contribution >= 0.6 is 34.9 Å². The normalized spacial score (nSPS) is 10.5. The van der Waals surface area contributed by atoms with Gasteiger partial charge in [0.05, 0.1) is 7.11 Å². The average Bonchev–Trinajstić information content (AvgIpc) is 2.77. The third kappa shape index (κ3) is 3.55. The Balaban J connectivity index is 2.08. The fourth-order valence-electron chi connectivity index (χ4n) is 0.986. The quantitative estimate of drug-likeness (QED) is 0.618. The standard InChI is InChI=1S/C9H10N4OS3/c1-3-15-8-12-13-9(17-8)16-7-10-5-4-6(11-7)14-2/h4-5H,3H2,1-2H3. The Bertz CT molecular complexity index is 491. The first kappa shape index (κ1) is 12.6. The van der Waals surface area contributed by atoms with E-state index in [9.17, 15) is 0 Å². The van der Waals surface area contributed by atoms with E-state index in [1.54, 1.807) is 42.5 Å². The summed E-state index contributed by atoms with van der Waals surface area (Å²) in [6, 6.07) is 1.71. The summed E-state index contributed by atoms with van der Waals surface area (Å²) in [5.41, 5.74) is 0. The lowest BCUT2D eigenvalue weighted by Crippen LogP contribution is -1.90. The molecule has 0 N–H and O–H groups in total. The van der Waals surface area contributed by atoms with Crippen LogP contribution < -0.4 is 4.74 Å². The van der Waals surface area contributed by atoms with E-state index in [1.165, 1.54) is 11.8 Å². The number of nitrogens with zero attached hydrogens (tertiary/aromatic N) is 4. The maximum absolute atomic E-state index is 5.04. The van der Waals surface area contributed by atoms with Gasteiger partial charge in [-0.05, 0) is 17.5 Å². The Morgan fingerprint density at radius 2 is 2.18 bits per heavy atom. The molecule has 2 heterocycles. The summed E-state index contributed by atoms with van der Waals surface area (Å²) >= 11 is 4.62. The molecule has 0 radical (unpaired) electrons. The number of aromatic nitrogens is 4. The van der Waals surface area contributed by atoms with Crippen LogP contribution in [0.4, 0.5) is 0 Å². The molecule has 0 aliphatic heterocycles. The second-order valence-electron chi connectivity index (χ2n) is 2.75. The smallest absolute Gasteiger partial charge is 0.217 e.